The molecule has 0 aromatic heterocycles. The Morgan fingerprint density at radius 2 is 1.83 bits per heavy atom. The minimum Gasteiger partial charge on any atom is -0.478 e. The molecule has 0 heterocycles. The second-order valence-electron chi connectivity index (χ2n) is 5.45. The van der Waals surface area contributed by atoms with Crippen LogP contribution in [0.2, 0.25) is 0 Å². The van der Waals surface area contributed by atoms with Crippen molar-refractivity contribution in [1.29, 1.82) is 0 Å². The number of hydrogen-bond donors (Lipinski definition) is 2. The Morgan fingerprint density at radius 1 is 1.13 bits per heavy atom. The summed E-state index contributed by atoms with van der Waals surface area (Å²) in [5.74, 6) is -1.70. The lowest BCUT2D eigenvalue weighted by atomic mass is 10.00. The first-order valence-electron chi connectivity index (χ1n) is 7.30. The largest absolute Gasteiger partial charge is 0.478 e. The number of benzene rings is 2. The maximum absolute atomic E-state index is 13.1. The van der Waals surface area contributed by atoms with E-state index in [2.05, 4.69) is 5.32 Å². The van der Waals surface area contributed by atoms with Gasteiger partial charge in [-0.2, -0.15) is 0 Å². The topological polar surface area (TPSA) is 66.4 Å². The zero-order valence-electron chi connectivity index (χ0n) is 12.8. The highest BCUT2D eigenvalue weighted by Crippen LogP contribution is 2.11. The van der Waals surface area contributed by atoms with E-state index in [0.717, 1.165) is 11.1 Å². The molecular formula is C18H18FNO3. The van der Waals surface area contributed by atoms with Crippen molar-refractivity contribution in [3.63, 3.8) is 0 Å². The minimum atomic E-state index is -0.982. The molecule has 2 rings (SSSR count). The molecule has 0 saturated carbocycles. The molecule has 0 spiro atoms. The van der Waals surface area contributed by atoms with Crippen molar-refractivity contribution in [1.82, 2.24) is 5.32 Å². The van der Waals surface area contributed by atoms with Crippen LogP contribution in [0.1, 0.15) is 28.4 Å². The van der Waals surface area contributed by atoms with Crippen molar-refractivity contribution in [2.24, 2.45) is 5.92 Å². The number of halogens is 1. The summed E-state index contributed by atoms with van der Waals surface area (Å²) in [5, 5.41) is 11.6. The first-order valence-corrected chi connectivity index (χ1v) is 7.30. The Balaban J connectivity index is 1.87. The third-order valence-corrected chi connectivity index (χ3v) is 3.55. The van der Waals surface area contributed by atoms with Crippen LogP contribution in [0.5, 0.6) is 0 Å². The fraction of sp³-hybridized carbons (Fsp3) is 0.222. The predicted molar refractivity (Wildman–Crippen MR) is 84.5 cm³/mol. The summed E-state index contributed by atoms with van der Waals surface area (Å²) in [4.78, 5) is 22.9. The number of rotatable bonds is 6. The van der Waals surface area contributed by atoms with E-state index in [9.17, 15) is 14.0 Å². The standard InChI is InChI=1S/C18H18FNO3/c1-12(9-14-3-2-4-16(19)10-14)17(21)20-11-13-5-7-15(8-6-13)18(22)23/h2-8,10,12H,9,11H2,1H3,(H,20,21)(H,22,23). The van der Waals surface area contributed by atoms with Crippen molar-refractivity contribution in [3.8, 4) is 0 Å². The van der Waals surface area contributed by atoms with Gasteiger partial charge in [0.2, 0.25) is 5.91 Å². The van der Waals surface area contributed by atoms with Crippen LogP contribution in [0, 0.1) is 11.7 Å². The smallest absolute Gasteiger partial charge is 0.335 e. The Morgan fingerprint density at radius 3 is 2.43 bits per heavy atom. The summed E-state index contributed by atoms with van der Waals surface area (Å²) < 4.78 is 13.1. The van der Waals surface area contributed by atoms with E-state index in [4.69, 9.17) is 5.11 Å². The number of carbonyl (C=O) groups excluding carboxylic acids is 1. The van der Waals surface area contributed by atoms with E-state index in [-0.39, 0.29) is 23.2 Å². The third-order valence-electron chi connectivity index (χ3n) is 3.55. The highest BCUT2D eigenvalue weighted by molar-refractivity contribution is 5.87. The average molecular weight is 315 g/mol. The molecule has 0 radical (unpaired) electrons. The molecule has 0 fully saturated rings. The normalized spacial score (nSPS) is 11.7. The molecular weight excluding hydrogens is 297 g/mol. The van der Waals surface area contributed by atoms with Crippen molar-refractivity contribution in [3.05, 3.63) is 71.0 Å². The Hall–Kier alpha value is -2.69. The van der Waals surface area contributed by atoms with Crippen molar-refractivity contribution >= 4 is 11.9 Å². The molecule has 0 aliphatic heterocycles. The molecule has 2 aromatic carbocycles. The van der Waals surface area contributed by atoms with E-state index in [1.807, 2.05) is 0 Å². The number of carboxylic acids is 1. The minimum absolute atomic E-state index is 0.128. The molecule has 4 nitrogen and oxygen atoms in total. The summed E-state index contributed by atoms with van der Waals surface area (Å²) in [6, 6.07) is 12.5. The molecule has 120 valence electrons. The summed E-state index contributed by atoms with van der Waals surface area (Å²) in [5.41, 5.74) is 1.80. The molecule has 1 atom stereocenters. The van der Waals surface area contributed by atoms with Gasteiger partial charge in [-0.15, -0.1) is 0 Å². The highest BCUT2D eigenvalue weighted by atomic mass is 19.1. The van der Waals surface area contributed by atoms with Gasteiger partial charge in [-0.05, 0) is 41.8 Å². The van der Waals surface area contributed by atoms with E-state index in [1.165, 1.54) is 24.3 Å². The maximum Gasteiger partial charge on any atom is 0.335 e. The maximum atomic E-state index is 13.1. The Bertz CT molecular complexity index is 698. The summed E-state index contributed by atoms with van der Waals surface area (Å²) >= 11 is 0. The van der Waals surface area contributed by atoms with Gasteiger partial charge in [0.25, 0.3) is 0 Å². The van der Waals surface area contributed by atoms with Gasteiger partial charge in [0, 0.05) is 12.5 Å². The van der Waals surface area contributed by atoms with Crippen LogP contribution in [0.15, 0.2) is 48.5 Å². The van der Waals surface area contributed by atoms with Crippen molar-refractivity contribution in [2.45, 2.75) is 19.9 Å². The number of nitrogens with one attached hydrogen (secondary N) is 1. The molecule has 5 heteroatoms. The number of amides is 1. The van der Waals surface area contributed by atoms with Gasteiger partial charge in [-0.25, -0.2) is 9.18 Å². The number of carboxylic acid groups (broad SMARTS) is 1. The Kier molecular flexibility index (Phi) is 5.46. The fourth-order valence-corrected chi connectivity index (χ4v) is 2.24. The van der Waals surface area contributed by atoms with Crippen LogP contribution in [0.4, 0.5) is 4.39 Å². The lowest BCUT2D eigenvalue weighted by molar-refractivity contribution is -0.124. The zero-order chi connectivity index (χ0) is 16.8. The van der Waals surface area contributed by atoms with Crippen LogP contribution in [0.3, 0.4) is 0 Å². The second kappa shape index (κ2) is 7.54. The van der Waals surface area contributed by atoms with Crippen LogP contribution in [-0.4, -0.2) is 17.0 Å². The molecule has 0 saturated heterocycles. The van der Waals surface area contributed by atoms with Gasteiger partial charge in [-0.3, -0.25) is 4.79 Å². The zero-order valence-corrected chi connectivity index (χ0v) is 12.8. The van der Waals surface area contributed by atoms with Gasteiger partial charge in [-0.1, -0.05) is 31.2 Å². The van der Waals surface area contributed by atoms with Gasteiger partial charge < -0.3 is 10.4 Å². The first-order chi connectivity index (χ1) is 11.0. The van der Waals surface area contributed by atoms with Gasteiger partial charge in [0.05, 0.1) is 5.56 Å². The fourth-order valence-electron chi connectivity index (χ4n) is 2.24. The number of carbonyl (C=O) groups is 2. The second-order valence-corrected chi connectivity index (χ2v) is 5.45. The first kappa shape index (κ1) is 16.7. The van der Waals surface area contributed by atoms with Gasteiger partial charge >= 0.3 is 5.97 Å². The van der Waals surface area contributed by atoms with Crippen LogP contribution in [0.25, 0.3) is 0 Å². The quantitative estimate of drug-likeness (QED) is 0.861. The summed E-state index contributed by atoms with van der Waals surface area (Å²) in [6.45, 7) is 2.11. The van der Waals surface area contributed by atoms with E-state index >= 15 is 0 Å². The molecule has 0 bridgehead atoms. The molecule has 0 aliphatic carbocycles. The van der Waals surface area contributed by atoms with E-state index < -0.39 is 5.97 Å². The van der Waals surface area contributed by atoms with Crippen LogP contribution < -0.4 is 5.32 Å². The number of aromatic carboxylic acids is 1. The molecule has 1 amide bonds. The lowest BCUT2D eigenvalue weighted by Gasteiger charge is -2.12. The van der Waals surface area contributed by atoms with Crippen molar-refractivity contribution < 1.29 is 19.1 Å². The monoisotopic (exact) mass is 315 g/mol. The van der Waals surface area contributed by atoms with Crippen LogP contribution >= 0.6 is 0 Å². The Labute approximate surface area is 134 Å². The molecule has 23 heavy (non-hydrogen) atoms. The van der Waals surface area contributed by atoms with Gasteiger partial charge in [0.15, 0.2) is 0 Å². The number of hydrogen-bond acceptors (Lipinski definition) is 2. The summed E-state index contributed by atoms with van der Waals surface area (Å²) in [6.07, 6.45) is 0.460. The third kappa shape index (κ3) is 4.92. The average Bonchev–Trinajstić information content (AvgIpc) is 2.53. The molecule has 1 unspecified atom stereocenters. The lowest BCUT2D eigenvalue weighted by Crippen LogP contribution is -2.29. The van der Waals surface area contributed by atoms with Crippen LogP contribution in [-0.2, 0) is 17.8 Å². The van der Waals surface area contributed by atoms with E-state index in [0.29, 0.717) is 13.0 Å². The molecule has 2 N–H and O–H groups in total. The van der Waals surface area contributed by atoms with E-state index in [1.54, 1.807) is 31.2 Å². The SMILES string of the molecule is CC(Cc1cccc(F)c1)C(=O)NCc1ccc(C(=O)O)cc1. The summed E-state index contributed by atoms with van der Waals surface area (Å²) in [7, 11) is 0. The van der Waals surface area contributed by atoms with Crippen molar-refractivity contribution in [2.75, 3.05) is 0 Å². The van der Waals surface area contributed by atoms with Gasteiger partial charge in [0.1, 0.15) is 5.82 Å². The molecule has 0 aliphatic rings. The predicted octanol–water partition coefficient (Wildman–Crippen LogP) is 3.02. The molecule has 2 aromatic rings. The highest BCUT2D eigenvalue weighted by Gasteiger charge is 2.13.